The third kappa shape index (κ3) is 5.34. The van der Waals surface area contributed by atoms with Gasteiger partial charge in [0.2, 0.25) is 5.91 Å². The number of ether oxygens (including phenoxy) is 1. The van der Waals surface area contributed by atoms with E-state index in [0.717, 1.165) is 54.9 Å². The molecule has 0 radical (unpaired) electrons. The molecule has 3 heterocycles. The summed E-state index contributed by atoms with van der Waals surface area (Å²) in [6.07, 6.45) is 8.42. The van der Waals surface area contributed by atoms with E-state index in [1.807, 2.05) is 60.9 Å². The van der Waals surface area contributed by atoms with Crippen molar-refractivity contribution in [3.05, 3.63) is 114 Å². The molecule has 2 aliphatic heterocycles. The summed E-state index contributed by atoms with van der Waals surface area (Å²) < 4.78 is 7.55. The molecule has 1 aliphatic carbocycles. The highest BCUT2D eigenvalue weighted by Gasteiger charge is 2.49. The molecule has 1 saturated heterocycles. The summed E-state index contributed by atoms with van der Waals surface area (Å²) in [4.78, 5) is 34.6. The predicted octanol–water partition coefficient (Wildman–Crippen LogP) is 5.99. The Morgan fingerprint density at radius 3 is 2.55 bits per heavy atom. The summed E-state index contributed by atoms with van der Waals surface area (Å²) in [6.45, 7) is 1.39. The molecule has 2 N–H and O–H groups in total. The summed E-state index contributed by atoms with van der Waals surface area (Å²) in [6, 6.07) is 25.5. The Morgan fingerprint density at radius 2 is 1.73 bits per heavy atom. The number of hydrogen-bond donors (Lipinski definition) is 2. The van der Waals surface area contributed by atoms with Crippen molar-refractivity contribution >= 4 is 17.5 Å². The fourth-order valence-corrected chi connectivity index (χ4v) is 7.54. The number of para-hydroxylation sites is 1. The molecule has 44 heavy (non-hydrogen) atoms. The first kappa shape index (κ1) is 28.2. The highest BCUT2D eigenvalue weighted by atomic mass is 16.5. The van der Waals surface area contributed by atoms with Gasteiger partial charge in [0, 0.05) is 48.7 Å². The van der Waals surface area contributed by atoms with Gasteiger partial charge in [-0.1, -0.05) is 61.4 Å². The molecule has 1 aromatic heterocycles. The van der Waals surface area contributed by atoms with Gasteiger partial charge in [0.15, 0.2) is 0 Å². The second kappa shape index (κ2) is 12.2. The van der Waals surface area contributed by atoms with Crippen LogP contribution >= 0.6 is 0 Å². The van der Waals surface area contributed by atoms with Gasteiger partial charge >= 0.3 is 0 Å². The Labute approximate surface area is 258 Å². The van der Waals surface area contributed by atoms with Crippen LogP contribution in [0.1, 0.15) is 71.5 Å². The van der Waals surface area contributed by atoms with Gasteiger partial charge in [0.05, 0.1) is 25.1 Å². The summed E-state index contributed by atoms with van der Waals surface area (Å²) >= 11 is 0. The summed E-state index contributed by atoms with van der Waals surface area (Å²) in [7, 11) is 1.68. The Bertz CT molecular complexity index is 1620. The first-order valence-electron chi connectivity index (χ1n) is 15.8. The standard InChI is InChI=1S/C36H39N5O3/c1-44-26-17-15-24(16-18-26)23-40-22-20-37-34(40)32-29-19-21-41(33(29)27-11-5-7-13-30(27)38-32)36(43)28-12-6-8-14-31(28)39-35(42)25-9-3-2-4-10-25/h2-5,7,9-11,13,15-18,20,22,28-29,31-33,38H,6,8,12,14,19,21,23H2,1H3,(H,39,42)/t28-,29?,31+,32?,33?/m0/s1. The van der Waals surface area contributed by atoms with Crippen LogP contribution in [-0.4, -0.2) is 46.0 Å². The molecule has 5 atom stereocenters. The van der Waals surface area contributed by atoms with Crippen molar-refractivity contribution in [2.24, 2.45) is 11.8 Å². The number of aromatic nitrogens is 2. The van der Waals surface area contributed by atoms with E-state index < -0.39 is 0 Å². The van der Waals surface area contributed by atoms with Gasteiger partial charge in [0.1, 0.15) is 11.6 Å². The first-order valence-corrected chi connectivity index (χ1v) is 15.8. The summed E-state index contributed by atoms with van der Waals surface area (Å²) in [5, 5.41) is 7.04. The van der Waals surface area contributed by atoms with Gasteiger partial charge in [-0.25, -0.2) is 4.98 Å². The van der Waals surface area contributed by atoms with Gasteiger partial charge in [-0.2, -0.15) is 0 Å². The maximum Gasteiger partial charge on any atom is 0.251 e. The molecule has 8 nitrogen and oxygen atoms in total. The minimum absolute atomic E-state index is 0.0408. The molecule has 2 fully saturated rings. The molecule has 226 valence electrons. The van der Waals surface area contributed by atoms with Crippen molar-refractivity contribution in [3.8, 4) is 5.75 Å². The van der Waals surface area contributed by atoms with E-state index in [0.29, 0.717) is 18.7 Å². The lowest BCUT2D eigenvalue weighted by Crippen LogP contribution is -2.50. The molecule has 3 aliphatic rings. The molecule has 3 unspecified atom stereocenters. The molecule has 7 rings (SSSR count). The topological polar surface area (TPSA) is 88.5 Å². The number of imidazole rings is 1. The van der Waals surface area contributed by atoms with Crippen LogP contribution in [0.25, 0.3) is 0 Å². The lowest BCUT2D eigenvalue weighted by atomic mass is 9.80. The van der Waals surface area contributed by atoms with E-state index in [2.05, 4.69) is 50.4 Å². The number of carbonyl (C=O) groups excluding carboxylic acids is 2. The van der Waals surface area contributed by atoms with Gasteiger partial charge in [-0.3, -0.25) is 9.59 Å². The van der Waals surface area contributed by atoms with Crippen molar-refractivity contribution in [1.29, 1.82) is 0 Å². The van der Waals surface area contributed by atoms with E-state index in [9.17, 15) is 9.59 Å². The van der Waals surface area contributed by atoms with Crippen molar-refractivity contribution in [3.63, 3.8) is 0 Å². The largest absolute Gasteiger partial charge is 0.497 e. The van der Waals surface area contributed by atoms with Crippen molar-refractivity contribution in [2.45, 2.75) is 56.8 Å². The van der Waals surface area contributed by atoms with E-state index in [1.54, 1.807) is 7.11 Å². The number of fused-ring (bicyclic) bond motifs is 3. The Morgan fingerprint density at radius 1 is 0.955 bits per heavy atom. The lowest BCUT2D eigenvalue weighted by molar-refractivity contribution is -0.138. The fraction of sp³-hybridized carbons (Fsp3) is 0.361. The van der Waals surface area contributed by atoms with Gasteiger partial charge in [-0.15, -0.1) is 0 Å². The molecule has 1 saturated carbocycles. The second-order valence-electron chi connectivity index (χ2n) is 12.2. The number of benzene rings is 3. The quantitative estimate of drug-likeness (QED) is 0.277. The average molecular weight is 590 g/mol. The van der Waals surface area contributed by atoms with Gasteiger partial charge < -0.3 is 24.8 Å². The van der Waals surface area contributed by atoms with Gasteiger partial charge in [0.25, 0.3) is 5.91 Å². The normalized spacial score (nSPS) is 24.1. The third-order valence-electron chi connectivity index (χ3n) is 9.72. The Kier molecular flexibility index (Phi) is 7.81. The van der Waals surface area contributed by atoms with Crippen LogP contribution < -0.4 is 15.4 Å². The van der Waals surface area contributed by atoms with Crippen LogP contribution in [0.15, 0.2) is 91.3 Å². The zero-order valence-corrected chi connectivity index (χ0v) is 25.1. The van der Waals surface area contributed by atoms with Crippen LogP contribution in [0.3, 0.4) is 0 Å². The minimum Gasteiger partial charge on any atom is -0.497 e. The van der Waals surface area contributed by atoms with E-state index in [4.69, 9.17) is 9.72 Å². The lowest BCUT2D eigenvalue weighted by Gasteiger charge is -2.41. The van der Waals surface area contributed by atoms with Crippen LogP contribution in [-0.2, 0) is 11.3 Å². The van der Waals surface area contributed by atoms with Crippen molar-refractivity contribution in [1.82, 2.24) is 19.8 Å². The molecular formula is C36H39N5O3. The molecule has 3 aromatic carbocycles. The average Bonchev–Trinajstić information content (AvgIpc) is 3.73. The van der Waals surface area contributed by atoms with E-state index >= 15 is 0 Å². The monoisotopic (exact) mass is 589 g/mol. The second-order valence-corrected chi connectivity index (χ2v) is 12.2. The molecule has 0 spiro atoms. The number of methoxy groups -OCH3 is 1. The summed E-state index contributed by atoms with van der Waals surface area (Å²) in [5.74, 6) is 1.81. The zero-order valence-electron chi connectivity index (χ0n) is 25.1. The number of rotatable bonds is 7. The highest BCUT2D eigenvalue weighted by molar-refractivity contribution is 5.95. The SMILES string of the molecule is COc1ccc(Cn2ccnc2C2Nc3ccccc3C3C2CCN3C(=O)[C@H]2CCCC[C@H]2NC(=O)c2ccccc2)cc1. The first-order chi connectivity index (χ1) is 21.6. The summed E-state index contributed by atoms with van der Waals surface area (Å²) in [5.41, 5.74) is 4.01. The van der Waals surface area contributed by atoms with Crippen LogP contribution in [0.2, 0.25) is 0 Å². The smallest absolute Gasteiger partial charge is 0.251 e. The van der Waals surface area contributed by atoms with Crippen LogP contribution in [0.4, 0.5) is 5.69 Å². The van der Waals surface area contributed by atoms with Crippen molar-refractivity contribution in [2.75, 3.05) is 19.0 Å². The number of carbonyl (C=O) groups is 2. The molecule has 2 amide bonds. The third-order valence-corrected chi connectivity index (χ3v) is 9.72. The number of hydrogen-bond acceptors (Lipinski definition) is 5. The molecule has 8 heteroatoms. The van der Waals surface area contributed by atoms with Crippen LogP contribution in [0.5, 0.6) is 5.75 Å². The maximum absolute atomic E-state index is 14.5. The highest BCUT2D eigenvalue weighted by Crippen LogP contribution is 2.51. The van der Waals surface area contributed by atoms with E-state index in [1.165, 1.54) is 5.56 Å². The number of amides is 2. The zero-order chi connectivity index (χ0) is 30.0. The Hall–Kier alpha value is -4.59. The number of nitrogens with one attached hydrogen (secondary N) is 2. The van der Waals surface area contributed by atoms with Crippen LogP contribution in [0, 0.1) is 11.8 Å². The number of likely N-dealkylation sites (tertiary alicyclic amines) is 1. The molecule has 4 aromatic rings. The molecule has 0 bridgehead atoms. The maximum atomic E-state index is 14.5. The fourth-order valence-electron chi connectivity index (χ4n) is 7.54. The van der Waals surface area contributed by atoms with E-state index in [-0.39, 0.29) is 41.8 Å². The Balaban J connectivity index is 1.15. The number of nitrogens with zero attached hydrogens (tertiary/aromatic N) is 3. The molecular weight excluding hydrogens is 550 g/mol. The predicted molar refractivity (Wildman–Crippen MR) is 169 cm³/mol. The number of anilines is 1. The minimum atomic E-state index is -0.229. The van der Waals surface area contributed by atoms with Crippen molar-refractivity contribution < 1.29 is 14.3 Å². The van der Waals surface area contributed by atoms with Gasteiger partial charge in [-0.05, 0) is 60.7 Å².